The third-order valence-electron chi connectivity index (χ3n) is 4.75. The summed E-state index contributed by atoms with van der Waals surface area (Å²) in [6, 6.07) is 7.18. The Balaban J connectivity index is 1.76. The van der Waals surface area contributed by atoms with Crippen LogP contribution < -0.4 is 5.32 Å². The van der Waals surface area contributed by atoms with Gasteiger partial charge in [-0.05, 0) is 62.9 Å². The van der Waals surface area contributed by atoms with Gasteiger partial charge in [-0.15, -0.1) is 11.8 Å². The Labute approximate surface area is 170 Å². The third kappa shape index (κ3) is 5.26. The van der Waals surface area contributed by atoms with E-state index in [1.165, 1.54) is 0 Å². The molecule has 3 rings (SSSR count). The number of thioether (sulfide) groups is 1. The minimum absolute atomic E-state index is 0.0256. The Hall–Kier alpha value is -1.06. The molecule has 2 aromatic rings. The number of aromatic nitrogens is 2. The van der Waals surface area contributed by atoms with Crippen molar-refractivity contribution in [3.63, 3.8) is 0 Å². The fraction of sp³-hybridized carbons (Fsp3) is 0.500. The lowest BCUT2D eigenvalue weighted by Gasteiger charge is -2.33. The number of aryl methyl sites for hydroxylation is 1. The lowest BCUT2D eigenvalue weighted by atomic mass is 10.1. The number of hydrogen-bond acceptors (Lipinski definition) is 5. The molecule has 1 aliphatic rings. The standard InChI is InChI=1S/C18H25ClN4O2S2/c1-26-17-3-5-18(6-4-17)27(24,25)23(16-7-9-20-10-8-16)12-2-11-22-14-15(19)13-21-22/h3-6,13-14,16,20H,2,7-12H2,1H3. The molecule has 0 atom stereocenters. The average Bonchev–Trinajstić information content (AvgIpc) is 3.11. The SMILES string of the molecule is CSc1ccc(S(=O)(=O)N(CCCn2cc(Cl)cn2)C2CCNCC2)cc1. The largest absolute Gasteiger partial charge is 0.317 e. The number of hydrogen-bond donors (Lipinski definition) is 1. The molecular formula is C18H25ClN4O2S2. The van der Waals surface area contributed by atoms with E-state index < -0.39 is 10.0 Å². The number of nitrogens with zero attached hydrogens (tertiary/aromatic N) is 3. The van der Waals surface area contributed by atoms with Crippen LogP contribution in [0.15, 0.2) is 46.5 Å². The van der Waals surface area contributed by atoms with Gasteiger partial charge in [-0.3, -0.25) is 4.68 Å². The van der Waals surface area contributed by atoms with Crippen LogP contribution in [0.3, 0.4) is 0 Å². The van der Waals surface area contributed by atoms with Crippen LogP contribution in [0.5, 0.6) is 0 Å². The van der Waals surface area contributed by atoms with Crippen molar-refractivity contribution in [2.75, 3.05) is 25.9 Å². The van der Waals surface area contributed by atoms with Crippen molar-refractivity contribution in [2.24, 2.45) is 0 Å². The molecular weight excluding hydrogens is 404 g/mol. The summed E-state index contributed by atoms with van der Waals surface area (Å²) in [5, 5.41) is 8.07. The van der Waals surface area contributed by atoms with Gasteiger partial charge in [-0.25, -0.2) is 8.42 Å². The minimum Gasteiger partial charge on any atom is -0.317 e. The van der Waals surface area contributed by atoms with Gasteiger partial charge in [0.25, 0.3) is 0 Å². The number of piperidine rings is 1. The predicted molar refractivity (Wildman–Crippen MR) is 110 cm³/mol. The lowest BCUT2D eigenvalue weighted by molar-refractivity contribution is 0.255. The molecule has 1 aromatic heterocycles. The lowest BCUT2D eigenvalue weighted by Crippen LogP contribution is -2.46. The van der Waals surface area contributed by atoms with Crippen molar-refractivity contribution in [3.8, 4) is 0 Å². The summed E-state index contributed by atoms with van der Waals surface area (Å²) < 4.78 is 30.1. The summed E-state index contributed by atoms with van der Waals surface area (Å²) in [4.78, 5) is 1.42. The van der Waals surface area contributed by atoms with E-state index >= 15 is 0 Å². The molecule has 0 unspecified atom stereocenters. The summed E-state index contributed by atoms with van der Waals surface area (Å²) in [7, 11) is -3.53. The van der Waals surface area contributed by atoms with Crippen LogP contribution in [0.25, 0.3) is 0 Å². The maximum atomic E-state index is 13.3. The van der Waals surface area contributed by atoms with Crippen LogP contribution in [0.2, 0.25) is 5.02 Å². The zero-order chi connectivity index (χ0) is 19.3. The van der Waals surface area contributed by atoms with Crippen molar-refractivity contribution >= 4 is 33.4 Å². The van der Waals surface area contributed by atoms with Crippen LogP contribution in [0.4, 0.5) is 0 Å². The van der Waals surface area contributed by atoms with Gasteiger partial charge in [-0.2, -0.15) is 9.40 Å². The molecule has 1 N–H and O–H groups in total. The molecule has 1 aromatic carbocycles. The Morgan fingerprint density at radius 1 is 1.30 bits per heavy atom. The van der Waals surface area contributed by atoms with E-state index in [1.54, 1.807) is 45.3 Å². The van der Waals surface area contributed by atoms with E-state index in [-0.39, 0.29) is 6.04 Å². The second-order valence-corrected chi connectivity index (χ2v) is 9.75. The van der Waals surface area contributed by atoms with E-state index in [0.29, 0.717) is 29.4 Å². The summed E-state index contributed by atoms with van der Waals surface area (Å²) in [5.41, 5.74) is 0. The smallest absolute Gasteiger partial charge is 0.243 e. The molecule has 148 valence electrons. The van der Waals surface area contributed by atoms with Crippen LogP contribution in [0.1, 0.15) is 19.3 Å². The first-order valence-electron chi connectivity index (χ1n) is 9.05. The number of rotatable bonds is 8. The third-order valence-corrected chi connectivity index (χ3v) is 7.65. The van der Waals surface area contributed by atoms with Crippen LogP contribution in [0, 0.1) is 0 Å². The highest BCUT2D eigenvalue weighted by molar-refractivity contribution is 7.98. The van der Waals surface area contributed by atoms with E-state index in [4.69, 9.17) is 11.6 Å². The maximum Gasteiger partial charge on any atom is 0.243 e. The van der Waals surface area contributed by atoms with Gasteiger partial charge in [0.2, 0.25) is 10.0 Å². The Morgan fingerprint density at radius 2 is 2.00 bits per heavy atom. The Kier molecular flexibility index (Phi) is 7.22. The first kappa shape index (κ1) is 20.7. The first-order chi connectivity index (χ1) is 13.0. The fourth-order valence-electron chi connectivity index (χ4n) is 3.33. The Morgan fingerprint density at radius 3 is 2.59 bits per heavy atom. The summed E-state index contributed by atoms with van der Waals surface area (Å²) in [6.07, 6.45) is 7.67. The quantitative estimate of drug-likeness (QED) is 0.654. The van der Waals surface area contributed by atoms with E-state index in [9.17, 15) is 8.42 Å². The first-order valence-corrected chi connectivity index (χ1v) is 12.1. The van der Waals surface area contributed by atoms with Crippen LogP contribution in [-0.4, -0.2) is 54.4 Å². The minimum atomic E-state index is -3.53. The monoisotopic (exact) mass is 428 g/mol. The summed E-state index contributed by atoms with van der Waals surface area (Å²) in [6.45, 7) is 2.79. The van der Waals surface area contributed by atoms with Gasteiger partial charge in [0.15, 0.2) is 0 Å². The van der Waals surface area contributed by atoms with Gasteiger partial charge in [0.1, 0.15) is 0 Å². The topological polar surface area (TPSA) is 67.2 Å². The molecule has 27 heavy (non-hydrogen) atoms. The molecule has 1 aliphatic heterocycles. The zero-order valence-corrected chi connectivity index (χ0v) is 17.7. The molecule has 6 nitrogen and oxygen atoms in total. The van der Waals surface area contributed by atoms with E-state index in [2.05, 4.69) is 10.4 Å². The molecule has 0 amide bonds. The van der Waals surface area contributed by atoms with Crippen molar-refractivity contribution < 1.29 is 8.42 Å². The van der Waals surface area contributed by atoms with Gasteiger partial charge < -0.3 is 5.32 Å². The molecule has 0 radical (unpaired) electrons. The van der Waals surface area contributed by atoms with Crippen LogP contribution >= 0.6 is 23.4 Å². The van der Waals surface area contributed by atoms with Crippen LogP contribution in [-0.2, 0) is 16.6 Å². The molecule has 2 heterocycles. The number of nitrogens with one attached hydrogen (secondary N) is 1. The van der Waals surface area contributed by atoms with E-state index in [1.807, 2.05) is 18.4 Å². The molecule has 0 spiro atoms. The normalized spacial score (nSPS) is 16.1. The molecule has 0 bridgehead atoms. The van der Waals surface area contributed by atoms with Crippen molar-refractivity contribution in [1.82, 2.24) is 19.4 Å². The molecule has 9 heteroatoms. The second-order valence-electron chi connectivity index (χ2n) is 6.55. The van der Waals surface area contributed by atoms with E-state index in [0.717, 1.165) is 30.8 Å². The Bertz CT molecular complexity index is 833. The van der Waals surface area contributed by atoms with Crippen molar-refractivity contribution in [3.05, 3.63) is 41.7 Å². The van der Waals surface area contributed by atoms with Gasteiger partial charge in [0, 0.05) is 30.2 Å². The predicted octanol–water partition coefficient (Wildman–Crippen LogP) is 3.09. The number of sulfonamides is 1. The van der Waals surface area contributed by atoms with Crippen molar-refractivity contribution in [1.29, 1.82) is 0 Å². The van der Waals surface area contributed by atoms with Crippen molar-refractivity contribution in [2.45, 2.75) is 41.6 Å². The molecule has 1 saturated heterocycles. The molecule has 0 saturated carbocycles. The molecule has 1 fully saturated rings. The fourth-order valence-corrected chi connectivity index (χ4v) is 5.61. The molecule has 0 aliphatic carbocycles. The van der Waals surface area contributed by atoms with Gasteiger partial charge in [0.05, 0.1) is 16.1 Å². The second kappa shape index (κ2) is 9.43. The highest BCUT2D eigenvalue weighted by atomic mass is 35.5. The number of halogens is 1. The maximum absolute atomic E-state index is 13.3. The van der Waals surface area contributed by atoms with Gasteiger partial charge >= 0.3 is 0 Å². The highest BCUT2D eigenvalue weighted by Crippen LogP contribution is 2.25. The summed E-state index contributed by atoms with van der Waals surface area (Å²) >= 11 is 7.50. The zero-order valence-electron chi connectivity index (χ0n) is 15.3. The average molecular weight is 429 g/mol. The number of benzene rings is 1. The summed E-state index contributed by atoms with van der Waals surface area (Å²) in [5.74, 6) is 0. The highest BCUT2D eigenvalue weighted by Gasteiger charge is 2.31. The van der Waals surface area contributed by atoms with Gasteiger partial charge in [-0.1, -0.05) is 11.6 Å².